The van der Waals surface area contributed by atoms with Gasteiger partial charge in [0.05, 0.1) is 15.2 Å². The van der Waals surface area contributed by atoms with Crippen molar-refractivity contribution in [3.63, 3.8) is 0 Å². The minimum absolute atomic E-state index is 0.340. The monoisotopic (exact) mass is 347 g/mol. The maximum absolute atomic E-state index is 10.2. The lowest BCUT2D eigenvalue weighted by atomic mass is 10.2. The zero-order chi connectivity index (χ0) is 17.1. The summed E-state index contributed by atoms with van der Waals surface area (Å²) in [4.78, 5) is 9.08. The summed E-state index contributed by atoms with van der Waals surface area (Å²) in [6.45, 7) is 12.2. The molecule has 0 bridgehead atoms. The lowest BCUT2D eigenvalue weighted by molar-refractivity contribution is -0.0734. The van der Waals surface area contributed by atoms with Crippen LogP contribution in [0.4, 0.5) is 0 Å². The van der Waals surface area contributed by atoms with E-state index in [0.717, 1.165) is 53.7 Å². The molecule has 0 spiro atoms. The van der Waals surface area contributed by atoms with Crippen LogP contribution in [-0.2, 0) is 0 Å². The first kappa shape index (κ1) is 17.4. The topological polar surface area (TPSA) is 48.8 Å². The maximum atomic E-state index is 10.2. The van der Waals surface area contributed by atoms with Gasteiger partial charge >= 0.3 is 0 Å². The predicted molar refractivity (Wildman–Crippen MR) is 98.7 cm³/mol. The Hall–Kier alpha value is -1.47. The molecule has 6 heteroatoms. The number of nitrogens with zero attached hydrogens (tertiary/aromatic N) is 3. The van der Waals surface area contributed by atoms with Crippen LogP contribution in [0.25, 0.3) is 10.2 Å². The summed E-state index contributed by atoms with van der Waals surface area (Å²) in [5, 5.41) is 11.3. The second-order valence-corrected chi connectivity index (χ2v) is 7.47. The minimum atomic E-state index is -0.566. The Morgan fingerprint density at radius 3 is 2.79 bits per heavy atom. The van der Waals surface area contributed by atoms with Crippen molar-refractivity contribution in [2.75, 3.05) is 32.7 Å². The molecule has 2 aromatic rings. The number of ether oxygens (including phenoxy) is 1. The predicted octanol–water partition coefficient (Wildman–Crippen LogP) is 2.49. The third kappa shape index (κ3) is 3.95. The Balaban J connectivity index is 1.70. The van der Waals surface area contributed by atoms with Gasteiger partial charge in [0.25, 0.3) is 0 Å². The molecule has 1 aliphatic heterocycles. The van der Waals surface area contributed by atoms with Crippen LogP contribution in [0.15, 0.2) is 30.9 Å². The minimum Gasteiger partial charge on any atom is -0.472 e. The molecule has 0 saturated carbocycles. The van der Waals surface area contributed by atoms with Gasteiger partial charge in [-0.05, 0) is 26.0 Å². The highest BCUT2D eigenvalue weighted by atomic mass is 32.1. The third-order valence-electron chi connectivity index (χ3n) is 4.29. The molecule has 1 N–H and O–H groups in total. The number of hydrogen-bond donors (Lipinski definition) is 1. The number of aliphatic hydroxyl groups excluding tert-OH is 1. The van der Waals surface area contributed by atoms with Gasteiger partial charge in [0.1, 0.15) is 11.9 Å². The zero-order valence-electron chi connectivity index (χ0n) is 14.3. The van der Waals surface area contributed by atoms with E-state index in [2.05, 4.69) is 21.4 Å². The summed E-state index contributed by atoms with van der Waals surface area (Å²) in [6.07, 6.45) is 1.03. The number of hydrogen-bond acceptors (Lipinski definition) is 6. The molecule has 2 heterocycles. The Morgan fingerprint density at radius 2 is 2.12 bits per heavy atom. The molecule has 1 aromatic heterocycles. The van der Waals surface area contributed by atoms with Crippen molar-refractivity contribution < 1.29 is 9.84 Å². The highest BCUT2D eigenvalue weighted by Crippen LogP contribution is 2.27. The van der Waals surface area contributed by atoms with Crippen molar-refractivity contribution in [2.45, 2.75) is 26.2 Å². The summed E-state index contributed by atoms with van der Waals surface area (Å²) in [6, 6.07) is 5.96. The van der Waals surface area contributed by atoms with E-state index in [1.165, 1.54) is 0 Å². The first-order valence-electron chi connectivity index (χ1n) is 8.36. The molecule has 0 radical (unpaired) electrons. The van der Waals surface area contributed by atoms with E-state index in [9.17, 15) is 5.11 Å². The largest absolute Gasteiger partial charge is 0.472 e. The van der Waals surface area contributed by atoms with Gasteiger partial charge in [-0.2, -0.15) is 0 Å². The van der Waals surface area contributed by atoms with Crippen molar-refractivity contribution in [2.24, 2.45) is 0 Å². The molecule has 0 aliphatic carbocycles. The van der Waals surface area contributed by atoms with Crippen molar-refractivity contribution in [1.29, 1.82) is 0 Å². The Kier molecular flexibility index (Phi) is 5.50. The number of rotatable bonds is 6. The summed E-state index contributed by atoms with van der Waals surface area (Å²) in [5.41, 5.74) is 0.954. The molecule has 24 heavy (non-hydrogen) atoms. The van der Waals surface area contributed by atoms with Crippen molar-refractivity contribution in [1.82, 2.24) is 14.8 Å². The number of benzene rings is 1. The molecule has 1 fully saturated rings. The smallest absolute Gasteiger partial charge is 0.178 e. The standard InChI is InChI=1S/C18H25N3O2S/c1-4-7-20-8-10-21(11-9-20)18(13(2)22)23-15-5-6-17-16(12-15)19-14(3)24-17/h4-6,12-13,18,22H,1,7-11H2,2-3H3/t13-,18?/m1/s1. The number of fused-ring (bicyclic) bond motifs is 1. The van der Waals surface area contributed by atoms with E-state index in [-0.39, 0.29) is 6.23 Å². The Bertz CT molecular complexity index is 693. The molecular formula is C18H25N3O2S. The molecule has 1 unspecified atom stereocenters. The SMILES string of the molecule is C=CCN1CCN(C(Oc2ccc3sc(C)nc3c2)[C@@H](C)O)CC1. The first-order valence-corrected chi connectivity index (χ1v) is 9.17. The van der Waals surface area contributed by atoms with Gasteiger partial charge in [-0.15, -0.1) is 17.9 Å². The van der Waals surface area contributed by atoms with Crippen LogP contribution < -0.4 is 4.74 Å². The average Bonchev–Trinajstić information content (AvgIpc) is 2.93. The number of thiazole rings is 1. The van der Waals surface area contributed by atoms with Crippen LogP contribution in [0.1, 0.15) is 11.9 Å². The quantitative estimate of drug-likeness (QED) is 0.814. The normalized spacial score (nSPS) is 19.3. The van der Waals surface area contributed by atoms with Crippen LogP contribution in [-0.4, -0.2) is 64.9 Å². The van der Waals surface area contributed by atoms with E-state index in [0.29, 0.717) is 0 Å². The van der Waals surface area contributed by atoms with Gasteiger partial charge in [0.15, 0.2) is 6.23 Å². The fourth-order valence-corrected chi connectivity index (χ4v) is 3.90. The van der Waals surface area contributed by atoms with Crippen molar-refractivity contribution in [3.8, 4) is 5.75 Å². The van der Waals surface area contributed by atoms with E-state index < -0.39 is 6.10 Å². The molecule has 5 nitrogen and oxygen atoms in total. The van der Waals surface area contributed by atoms with Crippen LogP contribution in [0.3, 0.4) is 0 Å². The van der Waals surface area contributed by atoms with Crippen LogP contribution in [0.2, 0.25) is 0 Å². The van der Waals surface area contributed by atoms with Crippen molar-refractivity contribution >= 4 is 21.6 Å². The molecule has 3 rings (SSSR count). The summed E-state index contributed by atoms with van der Waals surface area (Å²) < 4.78 is 7.29. The number of aliphatic hydroxyl groups is 1. The van der Waals surface area contributed by atoms with E-state index in [1.54, 1.807) is 18.3 Å². The highest BCUT2D eigenvalue weighted by Gasteiger charge is 2.28. The molecule has 1 aromatic carbocycles. The molecule has 2 atom stereocenters. The van der Waals surface area contributed by atoms with Gasteiger partial charge < -0.3 is 9.84 Å². The van der Waals surface area contributed by atoms with Gasteiger partial charge in [-0.1, -0.05) is 6.08 Å². The Labute approximate surface area is 147 Å². The lowest BCUT2D eigenvalue weighted by Crippen LogP contribution is -2.55. The molecular weight excluding hydrogens is 322 g/mol. The fraction of sp³-hybridized carbons (Fsp3) is 0.500. The molecule has 1 aliphatic rings. The van der Waals surface area contributed by atoms with Gasteiger partial charge in [-0.3, -0.25) is 9.80 Å². The zero-order valence-corrected chi connectivity index (χ0v) is 15.1. The van der Waals surface area contributed by atoms with Crippen LogP contribution >= 0.6 is 11.3 Å². The number of piperazine rings is 1. The maximum Gasteiger partial charge on any atom is 0.178 e. The second kappa shape index (κ2) is 7.61. The van der Waals surface area contributed by atoms with E-state index in [1.807, 2.05) is 31.2 Å². The van der Waals surface area contributed by atoms with Gasteiger partial charge in [0.2, 0.25) is 0 Å². The summed E-state index contributed by atoms with van der Waals surface area (Å²) in [7, 11) is 0. The Morgan fingerprint density at radius 1 is 1.38 bits per heavy atom. The van der Waals surface area contributed by atoms with Crippen LogP contribution in [0, 0.1) is 6.92 Å². The van der Waals surface area contributed by atoms with E-state index in [4.69, 9.17) is 4.74 Å². The lowest BCUT2D eigenvalue weighted by Gasteiger charge is -2.39. The van der Waals surface area contributed by atoms with E-state index >= 15 is 0 Å². The van der Waals surface area contributed by atoms with Crippen molar-refractivity contribution in [3.05, 3.63) is 35.9 Å². The number of aryl methyl sites for hydroxylation is 1. The van der Waals surface area contributed by atoms with Gasteiger partial charge in [-0.25, -0.2) is 4.98 Å². The molecule has 130 valence electrons. The summed E-state index contributed by atoms with van der Waals surface area (Å²) in [5.74, 6) is 0.757. The second-order valence-electron chi connectivity index (χ2n) is 6.24. The fourth-order valence-electron chi connectivity index (χ4n) is 3.10. The summed E-state index contributed by atoms with van der Waals surface area (Å²) >= 11 is 1.68. The number of aromatic nitrogens is 1. The molecule has 1 saturated heterocycles. The first-order chi connectivity index (χ1) is 11.6. The third-order valence-corrected chi connectivity index (χ3v) is 5.24. The highest BCUT2D eigenvalue weighted by molar-refractivity contribution is 7.18. The average molecular weight is 347 g/mol. The van der Waals surface area contributed by atoms with Gasteiger partial charge in [0, 0.05) is 38.8 Å². The van der Waals surface area contributed by atoms with Crippen LogP contribution in [0.5, 0.6) is 5.75 Å². The molecule has 0 amide bonds.